The van der Waals surface area contributed by atoms with E-state index in [1.54, 1.807) is 14.0 Å². The number of nitrogens with two attached hydrogens (primary N) is 1. The van der Waals surface area contributed by atoms with Gasteiger partial charge in [0.05, 0.1) is 13.7 Å². The lowest BCUT2D eigenvalue weighted by Gasteiger charge is -2.12. The summed E-state index contributed by atoms with van der Waals surface area (Å²) < 4.78 is 9.98. The molecule has 1 unspecified atom stereocenters. The lowest BCUT2D eigenvalue weighted by molar-refractivity contribution is -0.143. The topological polar surface area (TPSA) is 61.5 Å². The number of benzene rings is 1. The summed E-state index contributed by atoms with van der Waals surface area (Å²) in [5.41, 5.74) is 6.97. The average Bonchev–Trinajstić information content (AvgIpc) is 2.36. The zero-order chi connectivity index (χ0) is 12.7. The number of methoxy groups -OCH3 is 1. The Labute approximate surface area is 102 Å². The summed E-state index contributed by atoms with van der Waals surface area (Å²) in [7, 11) is 1.61. The molecule has 0 amide bonds. The van der Waals surface area contributed by atoms with Crippen molar-refractivity contribution in [2.45, 2.75) is 25.8 Å². The van der Waals surface area contributed by atoms with Gasteiger partial charge in [-0.25, -0.2) is 0 Å². The molecule has 1 aromatic carbocycles. The van der Waals surface area contributed by atoms with E-state index >= 15 is 0 Å². The molecule has 0 spiro atoms. The maximum atomic E-state index is 11.2. The number of ether oxygens (including phenoxy) is 2. The number of rotatable bonds is 6. The second-order valence-corrected chi connectivity index (χ2v) is 3.73. The molecule has 0 aliphatic heterocycles. The predicted octanol–water partition coefficient (Wildman–Crippen LogP) is 2.04. The van der Waals surface area contributed by atoms with Crippen LogP contribution in [-0.2, 0) is 9.53 Å². The molecule has 4 heteroatoms. The minimum atomic E-state index is -0.203. The van der Waals surface area contributed by atoms with Crippen molar-refractivity contribution in [1.82, 2.24) is 0 Å². The molecule has 0 bridgehead atoms. The molecule has 0 aromatic heterocycles. The minimum Gasteiger partial charge on any atom is -0.497 e. The third-order valence-corrected chi connectivity index (χ3v) is 2.49. The Morgan fingerprint density at radius 2 is 2.24 bits per heavy atom. The highest BCUT2D eigenvalue weighted by atomic mass is 16.5. The van der Waals surface area contributed by atoms with Crippen LogP contribution in [0.2, 0.25) is 0 Å². The highest BCUT2D eigenvalue weighted by Gasteiger charge is 2.10. The summed E-state index contributed by atoms with van der Waals surface area (Å²) in [5.74, 6) is 0.569. The predicted molar refractivity (Wildman–Crippen MR) is 65.8 cm³/mol. The number of hydrogen-bond acceptors (Lipinski definition) is 4. The van der Waals surface area contributed by atoms with Crippen LogP contribution in [0.1, 0.15) is 31.4 Å². The number of carbonyl (C=O) groups excluding carboxylic acids is 1. The van der Waals surface area contributed by atoms with Crippen molar-refractivity contribution in [3.05, 3.63) is 29.8 Å². The van der Waals surface area contributed by atoms with Crippen LogP contribution in [0.25, 0.3) is 0 Å². The van der Waals surface area contributed by atoms with Crippen LogP contribution in [0, 0.1) is 0 Å². The Bertz CT molecular complexity index is 365. The van der Waals surface area contributed by atoms with E-state index in [1.165, 1.54) is 0 Å². The van der Waals surface area contributed by atoms with E-state index in [0.717, 1.165) is 11.3 Å². The Balaban J connectivity index is 2.51. The maximum absolute atomic E-state index is 11.2. The molecule has 0 radical (unpaired) electrons. The van der Waals surface area contributed by atoms with E-state index in [9.17, 15) is 4.79 Å². The summed E-state index contributed by atoms with van der Waals surface area (Å²) in [6.07, 6.45) is 0.915. The quantitative estimate of drug-likeness (QED) is 0.769. The van der Waals surface area contributed by atoms with Crippen molar-refractivity contribution in [3.8, 4) is 5.75 Å². The van der Waals surface area contributed by atoms with Crippen LogP contribution >= 0.6 is 0 Å². The van der Waals surface area contributed by atoms with Gasteiger partial charge in [-0.15, -0.1) is 0 Å². The first kappa shape index (κ1) is 13.5. The Hall–Kier alpha value is -1.55. The van der Waals surface area contributed by atoms with E-state index in [-0.39, 0.29) is 12.0 Å². The first-order valence-electron chi connectivity index (χ1n) is 5.72. The van der Waals surface area contributed by atoms with E-state index < -0.39 is 0 Å². The largest absolute Gasteiger partial charge is 0.497 e. The molecule has 4 nitrogen and oxygen atoms in total. The van der Waals surface area contributed by atoms with Gasteiger partial charge >= 0.3 is 5.97 Å². The molecule has 0 heterocycles. The third-order valence-electron chi connectivity index (χ3n) is 2.49. The molecule has 1 rings (SSSR count). The lowest BCUT2D eigenvalue weighted by atomic mass is 10.0. The summed E-state index contributed by atoms with van der Waals surface area (Å²) >= 11 is 0. The zero-order valence-corrected chi connectivity index (χ0v) is 10.3. The van der Waals surface area contributed by atoms with Crippen LogP contribution in [0.5, 0.6) is 5.75 Å². The molecular formula is C13H19NO3. The molecule has 0 fully saturated rings. The van der Waals surface area contributed by atoms with E-state index in [4.69, 9.17) is 15.2 Å². The SMILES string of the molecule is CCOC(=O)CCC(N)c1cccc(OC)c1. The van der Waals surface area contributed by atoms with Gasteiger partial charge in [0.25, 0.3) is 0 Å². The van der Waals surface area contributed by atoms with Gasteiger partial charge in [-0.05, 0) is 31.0 Å². The molecule has 0 saturated carbocycles. The van der Waals surface area contributed by atoms with Gasteiger partial charge in [-0.2, -0.15) is 0 Å². The summed E-state index contributed by atoms with van der Waals surface area (Å²) in [6, 6.07) is 7.39. The standard InChI is InChI=1S/C13H19NO3/c1-3-17-13(15)8-7-12(14)10-5-4-6-11(9-10)16-2/h4-6,9,12H,3,7-8,14H2,1-2H3. The van der Waals surface area contributed by atoms with Gasteiger partial charge < -0.3 is 15.2 Å². The van der Waals surface area contributed by atoms with Crippen molar-refractivity contribution in [1.29, 1.82) is 0 Å². The molecule has 2 N–H and O–H groups in total. The normalized spacial score (nSPS) is 11.9. The molecule has 0 aliphatic carbocycles. The number of esters is 1. The van der Waals surface area contributed by atoms with Crippen molar-refractivity contribution in [3.63, 3.8) is 0 Å². The van der Waals surface area contributed by atoms with Crippen LogP contribution < -0.4 is 10.5 Å². The van der Waals surface area contributed by atoms with E-state index in [0.29, 0.717) is 19.4 Å². The highest BCUT2D eigenvalue weighted by molar-refractivity contribution is 5.69. The van der Waals surface area contributed by atoms with E-state index in [1.807, 2.05) is 24.3 Å². The van der Waals surface area contributed by atoms with Crippen LogP contribution in [0.3, 0.4) is 0 Å². The van der Waals surface area contributed by atoms with Crippen LogP contribution in [-0.4, -0.2) is 19.7 Å². The van der Waals surface area contributed by atoms with Gasteiger partial charge in [0.1, 0.15) is 5.75 Å². The Morgan fingerprint density at radius 1 is 1.47 bits per heavy atom. The molecule has 0 saturated heterocycles. The summed E-state index contributed by atoms with van der Waals surface area (Å²) in [5, 5.41) is 0. The second-order valence-electron chi connectivity index (χ2n) is 3.73. The monoisotopic (exact) mass is 237 g/mol. The highest BCUT2D eigenvalue weighted by Crippen LogP contribution is 2.20. The molecule has 94 valence electrons. The fraction of sp³-hybridized carbons (Fsp3) is 0.462. The Morgan fingerprint density at radius 3 is 2.88 bits per heavy atom. The number of carbonyl (C=O) groups is 1. The third kappa shape index (κ3) is 4.44. The first-order valence-corrected chi connectivity index (χ1v) is 5.72. The molecule has 1 atom stereocenters. The zero-order valence-electron chi connectivity index (χ0n) is 10.3. The first-order chi connectivity index (χ1) is 8.17. The second kappa shape index (κ2) is 6.91. The van der Waals surface area contributed by atoms with Crippen LogP contribution in [0.4, 0.5) is 0 Å². The summed E-state index contributed by atoms with van der Waals surface area (Å²) in [4.78, 5) is 11.2. The van der Waals surface area contributed by atoms with Gasteiger partial charge in [-0.1, -0.05) is 12.1 Å². The maximum Gasteiger partial charge on any atom is 0.305 e. The molecule has 0 aliphatic rings. The van der Waals surface area contributed by atoms with Crippen molar-refractivity contribution < 1.29 is 14.3 Å². The fourth-order valence-corrected chi connectivity index (χ4v) is 1.55. The van der Waals surface area contributed by atoms with Crippen molar-refractivity contribution in [2.24, 2.45) is 5.73 Å². The average molecular weight is 237 g/mol. The van der Waals surface area contributed by atoms with Gasteiger partial charge in [0.15, 0.2) is 0 Å². The van der Waals surface area contributed by atoms with Gasteiger partial charge in [-0.3, -0.25) is 4.79 Å². The van der Waals surface area contributed by atoms with Crippen molar-refractivity contribution >= 4 is 5.97 Å². The van der Waals surface area contributed by atoms with Gasteiger partial charge in [0.2, 0.25) is 0 Å². The van der Waals surface area contributed by atoms with E-state index in [2.05, 4.69) is 0 Å². The van der Waals surface area contributed by atoms with Crippen molar-refractivity contribution in [2.75, 3.05) is 13.7 Å². The van der Waals surface area contributed by atoms with Gasteiger partial charge in [0, 0.05) is 12.5 Å². The number of hydrogen-bond donors (Lipinski definition) is 1. The fourth-order valence-electron chi connectivity index (χ4n) is 1.55. The minimum absolute atomic E-state index is 0.172. The Kier molecular flexibility index (Phi) is 5.49. The molecule has 17 heavy (non-hydrogen) atoms. The molecular weight excluding hydrogens is 218 g/mol. The molecule has 1 aromatic rings. The smallest absolute Gasteiger partial charge is 0.305 e. The summed E-state index contributed by atoms with van der Waals surface area (Å²) in [6.45, 7) is 2.20. The van der Waals surface area contributed by atoms with Crippen LogP contribution in [0.15, 0.2) is 24.3 Å². The lowest BCUT2D eigenvalue weighted by Crippen LogP contribution is -2.13.